The molecule has 0 bridgehead atoms. The summed E-state index contributed by atoms with van der Waals surface area (Å²) >= 11 is 0. The van der Waals surface area contributed by atoms with Crippen LogP contribution in [0.3, 0.4) is 0 Å². The van der Waals surface area contributed by atoms with Gasteiger partial charge in [0, 0.05) is 19.0 Å². The molecule has 1 aromatic rings. The van der Waals surface area contributed by atoms with E-state index in [9.17, 15) is 9.18 Å². The fraction of sp³-hybridized carbons (Fsp3) is 0.500. The lowest BCUT2D eigenvalue weighted by molar-refractivity contribution is -0.117. The van der Waals surface area contributed by atoms with E-state index >= 15 is 0 Å². The van der Waals surface area contributed by atoms with E-state index in [0.717, 1.165) is 6.42 Å². The van der Waals surface area contributed by atoms with Crippen LogP contribution in [0.15, 0.2) is 18.2 Å². The van der Waals surface area contributed by atoms with Crippen LogP contribution in [0.5, 0.6) is 5.75 Å². The van der Waals surface area contributed by atoms with Crippen LogP contribution < -0.4 is 15.4 Å². The van der Waals surface area contributed by atoms with Gasteiger partial charge in [0.05, 0.1) is 12.3 Å². The summed E-state index contributed by atoms with van der Waals surface area (Å²) in [5.41, 5.74) is 6.24. The van der Waals surface area contributed by atoms with Crippen molar-refractivity contribution in [2.75, 3.05) is 24.6 Å². The van der Waals surface area contributed by atoms with Crippen LogP contribution in [0.2, 0.25) is 0 Å². The van der Waals surface area contributed by atoms with E-state index in [0.29, 0.717) is 37.6 Å². The van der Waals surface area contributed by atoms with E-state index in [1.807, 2.05) is 6.92 Å². The van der Waals surface area contributed by atoms with E-state index < -0.39 is 0 Å². The minimum atomic E-state index is -0.364. The van der Waals surface area contributed by atoms with Crippen LogP contribution >= 0.6 is 0 Å². The molecule has 2 N–H and O–H groups in total. The zero-order chi connectivity index (χ0) is 13.8. The summed E-state index contributed by atoms with van der Waals surface area (Å²) in [6.07, 6.45) is 1.27. The molecule has 1 saturated heterocycles. The molecule has 19 heavy (non-hydrogen) atoms. The highest BCUT2D eigenvalue weighted by molar-refractivity contribution is 5.97. The first-order valence-electron chi connectivity index (χ1n) is 6.58. The van der Waals surface area contributed by atoms with Gasteiger partial charge in [-0.25, -0.2) is 4.39 Å². The molecule has 1 aliphatic heterocycles. The highest BCUT2D eigenvalue weighted by atomic mass is 19.1. The zero-order valence-corrected chi connectivity index (χ0v) is 11.1. The third-order valence-electron chi connectivity index (χ3n) is 3.21. The largest absolute Gasteiger partial charge is 0.491 e. The third-order valence-corrected chi connectivity index (χ3v) is 3.21. The summed E-state index contributed by atoms with van der Waals surface area (Å²) in [6, 6.07) is 4.27. The Morgan fingerprint density at radius 2 is 2.32 bits per heavy atom. The number of amides is 1. The smallest absolute Gasteiger partial charge is 0.227 e. The van der Waals surface area contributed by atoms with Gasteiger partial charge in [-0.2, -0.15) is 0 Å². The van der Waals surface area contributed by atoms with Gasteiger partial charge < -0.3 is 15.4 Å². The van der Waals surface area contributed by atoms with Gasteiger partial charge in [-0.1, -0.05) is 6.92 Å². The fourth-order valence-electron chi connectivity index (χ4n) is 2.21. The maximum atomic E-state index is 13.3. The number of nitrogens with two attached hydrogens (primary N) is 1. The second-order valence-electron chi connectivity index (χ2n) is 4.77. The van der Waals surface area contributed by atoms with E-state index in [-0.39, 0.29) is 17.6 Å². The molecular formula is C14H19FN2O2. The lowest BCUT2D eigenvalue weighted by Gasteiger charge is -2.20. The molecule has 104 valence electrons. The Labute approximate surface area is 112 Å². The van der Waals surface area contributed by atoms with Crippen molar-refractivity contribution in [3.63, 3.8) is 0 Å². The molecule has 1 heterocycles. The Hall–Kier alpha value is -1.62. The number of carbonyl (C=O) groups excluding carboxylic acids is 1. The topological polar surface area (TPSA) is 55.6 Å². The molecule has 1 unspecified atom stereocenters. The Morgan fingerprint density at radius 1 is 1.53 bits per heavy atom. The number of hydrogen-bond acceptors (Lipinski definition) is 3. The molecule has 2 rings (SSSR count). The van der Waals surface area contributed by atoms with Crippen molar-refractivity contribution < 1.29 is 13.9 Å². The highest BCUT2D eigenvalue weighted by Crippen LogP contribution is 2.33. The molecule has 1 fully saturated rings. The van der Waals surface area contributed by atoms with Crippen molar-refractivity contribution in [1.82, 2.24) is 0 Å². The predicted octanol–water partition coefficient (Wildman–Crippen LogP) is 1.93. The van der Waals surface area contributed by atoms with E-state index in [2.05, 4.69) is 0 Å². The summed E-state index contributed by atoms with van der Waals surface area (Å²) in [7, 11) is 0. The number of ether oxygens (including phenoxy) is 1. The van der Waals surface area contributed by atoms with Crippen molar-refractivity contribution in [2.45, 2.75) is 19.8 Å². The molecule has 1 aliphatic rings. The zero-order valence-electron chi connectivity index (χ0n) is 11.1. The fourth-order valence-corrected chi connectivity index (χ4v) is 2.21. The van der Waals surface area contributed by atoms with Gasteiger partial charge in [0.25, 0.3) is 0 Å². The lowest BCUT2D eigenvalue weighted by atomic mass is 10.1. The number of rotatable bonds is 5. The minimum Gasteiger partial charge on any atom is -0.491 e. The summed E-state index contributed by atoms with van der Waals surface area (Å²) < 4.78 is 18.8. The monoisotopic (exact) mass is 266 g/mol. The number of halogens is 1. The number of carbonyl (C=O) groups is 1. The molecule has 0 saturated carbocycles. The summed E-state index contributed by atoms with van der Waals surface area (Å²) in [5, 5.41) is 0. The van der Waals surface area contributed by atoms with Crippen LogP contribution in [0.4, 0.5) is 10.1 Å². The number of anilines is 1. The van der Waals surface area contributed by atoms with Gasteiger partial charge in [0.1, 0.15) is 11.6 Å². The van der Waals surface area contributed by atoms with Gasteiger partial charge in [0.2, 0.25) is 5.91 Å². The van der Waals surface area contributed by atoms with Gasteiger partial charge in [-0.3, -0.25) is 4.79 Å². The third kappa shape index (κ3) is 3.04. The summed E-state index contributed by atoms with van der Waals surface area (Å²) in [6.45, 7) is 3.53. The molecule has 1 amide bonds. The first-order valence-corrected chi connectivity index (χ1v) is 6.58. The molecule has 0 radical (unpaired) electrons. The molecule has 0 spiro atoms. The molecule has 1 atom stereocenters. The Bertz CT molecular complexity index is 465. The quantitative estimate of drug-likeness (QED) is 0.886. The van der Waals surface area contributed by atoms with Crippen LogP contribution in [0, 0.1) is 11.7 Å². The molecule has 5 heteroatoms. The molecule has 0 aliphatic carbocycles. The predicted molar refractivity (Wildman–Crippen MR) is 71.7 cm³/mol. The van der Waals surface area contributed by atoms with Gasteiger partial charge in [-0.05, 0) is 31.0 Å². The number of nitrogens with zero attached hydrogens (tertiary/aromatic N) is 1. The lowest BCUT2D eigenvalue weighted by Crippen LogP contribution is -2.26. The normalized spacial score (nSPS) is 19.0. The summed E-state index contributed by atoms with van der Waals surface area (Å²) in [5.74, 6) is 0.240. The molecule has 1 aromatic carbocycles. The van der Waals surface area contributed by atoms with Crippen LogP contribution in [0.1, 0.15) is 19.8 Å². The van der Waals surface area contributed by atoms with Gasteiger partial charge in [-0.15, -0.1) is 0 Å². The first kappa shape index (κ1) is 13.8. The summed E-state index contributed by atoms with van der Waals surface area (Å²) in [4.78, 5) is 13.6. The van der Waals surface area contributed by atoms with Crippen molar-refractivity contribution in [3.05, 3.63) is 24.0 Å². The maximum absolute atomic E-state index is 13.3. The van der Waals surface area contributed by atoms with Crippen LogP contribution in [-0.4, -0.2) is 25.6 Å². The van der Waals surface area contributed by atoms with Crippen LogP contribution in [0.25, 0.3) is 0 Å². The molecule has 0 aromatic heterocycles. The van der Waals surface area contributed by atoms with Crippen molar-refractivity contribution in [2.24, 2.45) is 11.7 Å². The SMILES string of the molecule is CCCOc1cc(F)ccc1N1CC(CN)CC1=O. The Kier molecular flexibility index (Phi) is 4.37. The van der Waals surface area contributed by atoms with Crippen molar-refractivity contribution in [1.29, 1.82) is 0 Å². The average molecular weight is 266 g/mol. The van der Waals surface area contributed by atoms with Gasteiger partial charge in [0.15, 0.2) is 0 Å². The number of benzene rings is 1. The first-order chi connectivity index (χ1) is 9.15. The minimum absolute atomic E-state index is 0.0170. The van der Waals surface area contributed by atoms with Crippen molar-refractivity contribution >= 4 is 11.6 Å². The van der Waals surface area contributed by atoms with Crippen molar-refractivity contribution in [3.8, 4) is 5.75 Å². The second-order valence-corrected chi connectivity index (χ2v) is 4.77. The second kappa shape index (κ2) is 6.02. The standard InChI is InChI=1S/C14H19FN2O2/c1-2-5-19-13-7-11(15)3-4-12(13)17-9-10(8-16)6-14(17)18/h3-4,7,10H,2,5-6,8-9,16H2,1H3. The number of hydrogen-bond donors (Lipinski definition) is 1. The Balaban J connectivity index is 2.25. The van der Waals surface area contributed by atoms with E-state index in [4.69, 9.17) is 10.5 Å². The van der Waals surface area contributed by atoms with Gasteiger partial charge >= 0.3 is 0 Å². The molecular weight excluding hydrogens is 247 g/mol. The maximum Gasteiger partial charge on any atom is 0.227 e. The highest BCUT2D eigenvalue weighted by Gasteiger charge is 2.31. The van der Waals surface area contributed by atoms with E-state index in [1.165, 1.54) is 12.1 Å². The Morgan fingerprint density at radius 3 is 2.95 bits per heavy atom. The van der Waals surface area contributed by atoms with E-state index in [1.54, 1.807) is 11.0 Å². The molecule has 4 nitrogen and oxygen atoms in total. The average Bonchev–Trinajstić information content (AvgIpc) is 2.78. The van der Waals surface area contributed by atoms with Crippen LogP contribution in [-0.2, 0) is 4.79 Å².